The van der Waals surface area contributed by atoms with Gasteiger partial charge in [0, 0.05) is 6.54 Å². The normalized spacial score (nSPS) is 10.2. The highest BCUT2D eigenvalue weighted by Gasteiger charge is 2.00. The van der Waals surface area contributed by atoms with Crippen LogP contribution in [0.3, 0.4) is 0 Å². The Bertz CT molecular complexity index is 719. The predicted octanol–water partition coefficient (Wildman–Crippen LogP) is 3.92. The third-order valence-corrected chi connectivity index (χ3v) is 3.25. The number of carbonyl (C=O) groups excluding carboxylic acids is 1. The molecule has 0 atom stereocenters. The highest BCUT2D eigenvalue weighted by molar-refractivity contribution is 5.67. The maximum absolute atomic E-state index is 11.6. The summed E-state index contributed by atoms with van der Waals surface area (Å²) >= 11 is 0. The molecule has 0 fully saturated rings. The molecule has 0 heterocycles. The molecular weight excluding hydrogens is 316 g/mol. The molecule has 0 radical (unpaired) electrons. The van der Waals surface area contributed by atoms with Gasteiger partial charge in [0.15, 0.2) is 0 Å². The number of hydrogen-bond donors (Lipinski definition) is 1. The fraction of sp³-hybridized carbons (Fsp3) is 0.200. The molecule has 0 spiro atoms. The van der Waals surface area contributed by atoms with E-state index in [9.17, 15) is 4.79 Å². The molecule has 2 aromatic carbocycles. The van der Waals surface area contributed by atoms with Crippen LogP contribution in [-0.2, 0) is 11.3 Å². The van der Waals surface area contributed by atoms with E-state index >= 15 is 0 Å². The van der Waals surface area contributed by atoms with Crippen molar-refractivity contribution in [1.29, 1.82) is 5.26 Å². The van der Waals surface area contributed by atoms with E-state index in [1.807, 2.05) is 72.8 Å². The standard InChI is InChI=1S/C20H20N2O3/c21-13-5-15-24-19-11-9-17(10-12-19)8-4-14-22-20(23)25-16-18-6-2-1-3-7-18/h1-4,6-12H,5,14-16H2,(H,22,23). The zero-order chi connectivity index (χ0) is 17.7. The number of nitrogens with zero attached hydrogens (tertiary/aromatic N) is 1. The topological polar surface area (TPSA) is 71.3 Å². The van der Waals surface area contributed by atoms with Crippen LogP contribution < -0.4 is 10.1 Å². The molecule has 0 aliphatic rings. The quantitative estimate of drug-likeness (QED) is 0.742. The first-order valence-electron chi connectivity index (χ1n) is 7.99. The molecule has 0 aromatic heterocycles. The van der Waals surface area contributed by atoms with Gasteiger partial charge in [-0.05, 0) is 23.3 Å². The molecule has 0 unspecified atom stereocenters. The first-order valence-corrected chi connectivity index (χ1v) is 7.99. The number of benzene rings is 2. The van der Waals surface area contributed by atoms with Gasteiger partial charge >= 0.3 is 6.09 Å². The molecule has 5 nitrogen and oxygen atoms in total. The van der Waals surface area contributed by atoms with E-state index in [1.165, 1.54) is 0 Å². The van der Waals surface area contributed by atoms with E-state index in [1.54, 1.807) is 0 Å². The van der Waals surface area contributed by atoms with E-state index in [4.69, 9.17) is 14.7 Å². The summed E-state index contributed by atoms with van der Waals surface area (Å²) in [6.45, 7) is 1.03. The molecule has 1 N–H and O–H groups in total. The van der Waals surface area contributed by atoms with Crippen molar-refractivity contribution in [2.24, 2.45) is 0 Å². The number of alkyl carbamates (subject to hydrolysis) is 1. The van der Waals surface area contributed by atoms with Gasteiger partial charge in [-0.1, -0.05) is 54.6 Å². The number of ether oxygens (including phenoxy) is 2. The van der Waals surface area contributed by atoms with Crippen molar-refractivity contribution < 1.29 is 14.3 Å². The lowest BCUT2D eigenvalue weighted by atomic mass is 10.2. The minimum absolute atomic E-state index is 0.254. The molecule has 5 heteroatoms. The molecule has 0 saturated carbocycles. The second kappa shape index (κ2) is 10.5. The summed E-state index contributed by atoms with van der Waals surface area (Å²) < 4.78 is 10.5. The second-order valence-corrected chi connectivity index (χ2v) is 5.17. The van der Waals surface area contributed by atoms with Crippen LogP contribution >= 0.6 is 0 Å². The van der Waals surface area contributed by atoms with Gasteiger partial charge in [0.25, 0.3) is 0 Å². The summed E-state index contributed by atoms with van der Waals surface area (Å²) in [5.41, 5.74) is 1.94. The molecule has 1 amide bonds. The molecule has 0 bridgehead atoms. The molecule has 25 heavy (non-hydrogen) atoms. The van der Waals surface area contributed by atoms with Crippen LogP contribution in [0.4, 0.5) is 4.79 Å². The maximum atomic E-state index is 11.6. The van der Waals surface area contributed by atoms with Crippen LogP contribution in [0.15, 0.2) is 60.7 Å². The number of rotatable bonds is 8. The van der Waals surface area contributed by atoms with Crippen LogP contribution in [-0.4, -0.2) is 19.2 Å². The van der Waals surface area contributed by atoms with Gasteiger partial charge < -0.3 is 14.8 Å². The van der Waals surface area contributed by atoms with Gasteiger partial charge in [-0.15, -0.1) is 0 Å². The zero-order valence-corrected chi connectivity index (χ0v) is 13.9. The van der Waals surface area contributed by atoms with Crippen molar-refractivity contribution in [1.82, 2.24) is 5.32 Å². The number of nitrogens with one attached hydrogen (secondary N) is 1. The van der Waals surface area contributed by atoms with Gasteiger partial charge in [0.05, 0.1) is 12.5 Å². The van der Waals surface area contributed by atoms with E-state index in [0.717, 1.165) is 16.9 Å². The van der Waals surface area contributed by atoms with Gasteiger partial charge in [-0.2, -0.15) is 5.26 Å². The Balaban J connectivity index is 1.66. The number of amides is 1. The van der Waals surface area contributed by atoms with Crippen LogP contribution in [0.1, 0.15) is 17.5 Å². The largest absolute Gasteiger partial charge is 0.493 e. The average Bonchev–Trinajstić information content (AvgIpc) is 2.66. The van der Waals surface area contributed by atoms with Gasteiger partial charge in [0.2, 0.25) is 0 Å². The van der Waals surface area contributed by atoms with E-state index in [0.29, 0.717) is 19.6 Å². The Morgan fingerprint density at radius 1 is 1.12 bits per heavy atom. The van der Waals surface area contributed by atoms with E-state index in [-0.39, 0.29) is 6.61 Å². The Morgan fingerprint density at radius 2 is 1.88 bits per heavy atom. The summed E-state index contributed by atoms with van der Waals surface area (Å²) in [6, 6.07) is 19.1. The zero-order valence-electron chi connectivity index (χ0n) is 13.9. The van der Waals surface area contributed by atoms with Crippen LogP contribution in [0.5, 0.6) is 5.75 Å². The lowest BCUT2D eigenvalue weighted by molar-refractivity contribution is 0.141. The Hall–Kier alpha value is -3.26. The van der Waals surface area contributed by atoms with Crippen molar-refractivity contribution in [2.45, 2.75) is 13.0 Å². The first kappa shape index (κ1) is 18.1. The Morgan fingerprint density at radius 3 is 2.60 bits per heavy atom. The third kappa shape index (κ3) is 7.23. The van der Waals surface area contributed by atoms with Crippen molar-refractivity contribution in [2.75, 3.05) is 13.2 Å². The number of carbonyl (C=O) groups is 1. The van der Waals surface area contributed by atoms with Crippen LogP contribution in [0.25, 0.3) is 6.08 Å². The molecule has 0 aliphatic carbocycles. The van der Waals surface area contributed by atoms with E-state index < -0.39 is 6.09 Å². The lowest BCUT2D eigenvalue weighted by Gasteiger charge is -2.05. The van der Waals surface area contributed by atoms with Gasteiger partial charge in [-0.3, -0.25) is 0 Å². The van der Waals surface area contributed by atoms with Crippen molar-refractivity contribution >= 4 is 12.2 Å². The molecule has 2 aromatic rings. The summed E-state index contributed by atoms with van der Waals surface area (Å²) in [5.74, 6) is 0.731. The Labute approximate surface area is 147 Å². The third-order valence-electron chi connectivity index (χ3n) is 3.25. The van der Waals surface area contributed by atoms with Crippen molar-refractivity contribution in [3.8, 4) is 11.8 Å². The van der Waals surface area contributed by atoms with Gasteiger partial charge in [0.1, 0.15) is 19.0 Å². The highest BCUT2D eigenvalue weighted by atomic mass is 16.5. The predicted molar refractivity (Wildman–Crippen MR) is 95.8 cm³/mol. The van der Waals surface area contributed by atoms with Crippen LogP contribution in [0, 0.1) is 11.3 Å². The minimum Gasteiger partial charge on any atom is -0.493 e. The van der Waals surface area contributed by atoms with Gasteiger partial charge in [-0.25, -0.2) is 4.79 Å². The fourth-order valence-corrected chi connectivity index (χ4v) is 2.00. The molecule has 0 saturated heterocycles. The van der Waals surface area contributed by atoms with E-state index in [2.05, 4.69) is 5.32 Å². The number of nitriles is 1. The molecule has 2 rings (SSSR count). The Kier molecular flexibility index (Phi) is 7.60. The van der Waals surface area contributed by atoms with Crippen LogP contribution in [0.2, 0.25) is 0 Å². The monoisotopic (exact) mass is 336 g/mol. The van der Waals surface area contributed by atoms with Crippen molar-refractivity contribution in [3.05, 3.63) is 71.8 Å². The number of hydrogen-bond acceptors (Lipinski definition) is 4. The fourth-order valence-electron chi connectivity index (χ4n) is 2.00. The summed E-state index contributed by atoms with van der Waals surface area (Å²) in [4.78, 5) is 11.6. The lowest BCUT2D eigenvalue weighted by Crippen LogP contribution is -2.24. The smallest absolute Gasteiger partial charge is 0.407 e. The summed E-state index contributed by atoms with van der Waals surface area (Å²) in [7, 11) is 0. The average molecular weight is 336 g/mol. The minimum atomic E-state index is -0.449. The molecule has 0 aliphatic heterocycles. The summed E-state index contributed by atoms with van der Waals surface area (Å²) in [5, 5.41) is 11.1. The second-order valence-electron chi connectivity index (χ2n) is 5.17. The first-order chi connectivity index (χ1) is 12.3. The molecular formula is C20H20N2O3. The summed E-state index contributed by atoms with van der Waals surface area (Å²) in [6.07, 6.45) is 3.66. The van der Waals surface area contributed by atoms with Crippen molar-refractivity contribution in [3.63, 3.8) is 0 Å². The SMILES string of the molecule is N#CCCOc1ccc(C=CCNC(=O)OCc2ccccc2)cc1. The molecule has 128 valence electrons. The highest BCUT2D eigenvalue weighted by Crippen LogP contribution is 2.13. The maximum Gasteiger partial charge on any atom is 0.407 e.